The Morgan fingerprint density at radius 2 is 1.56 bits per heavy atom. The molecule has 2 saturated heterocycles. The molecule has 0 saturated carbocycles. The summed E-state index contributed by atoms with van der Waals surface area (Å²) < 4.78 is 86.4. The first-order valence-electron chi connectivity index (χ1n) is 12.7. The molecular weight excluding hydrogens is 548 g/mol. The summed E-state index contributed by atoms with van der Waals surface area (Å²) in [6.45, 7) is 3.78. The van der Waals surface area contributed by atoms with Gasteiger partial charge in [-0.25, -0.2) is 4.79 Å². The van der Waals surface area contributed by atoms with Gasteiger partial charge in [0.15, 0.2) is 0 Å². The highest BCUT2D eigenvalue weighted by atomic mass is 35.5. The van der Waals surface area contributed by atoms with Gasteiger partial charge in [0.1, 0.15) is 0 Å². The van der Waals surface area contributed by atoms with Crippen molar-refractivity contribution in [3.8, 4) is 0 Å². The molecule has 5 nitrogen and oxygen atoms in total. The number of nitrogens with zero attached hydrogens (tertiary/aromatic N) is 1. The summed E-state index contributed by atoms with van der Waals surface area (Å²) in [5, 5.41) is 6.33. The number of piperidine rings is 2. The Labute approximate surface area is 229 Å². The lowest BCUT2D eigenvalue weighted by molar-refractivity contribution is -0.143. The average Bonchev–Trinajstić information content (AvgIpc) is 2.88. The maximum Gasteiger partial charge on any atom is 0.416 e. The van der Waals surface area contributed by atoms with Crippen molar-refractivity contribution >= 4 is 18.4 Å². The van der Waals surface area contributed by atoms with Crippen LogP contribution in [0.4, 0.5) is 31.1 Å². The minimum absolute atomic E-state index is 0. The highest BCUT2D eigenvalue weighted by Gasteiger charge is 2.39. The molecule has 0 aromatic heterocycles. The van der Waals surface area contributed by atoms with Crippen molar-refractivity contribution in [3.63, 3.8) is 0 Å². The van der Waals surface area contributed by atoms with E-state index in [0.717, 1.165) is 31.5 Å². The van der Waals surface area contributed by atoms with Crippen LogP contribution in [0.5, 0.6) is 0 Å². The molecule has 0 bridgehead atoms. The lowest BCUT2D eigenvalue weighted by Gasteiger charge is -2.40. The topological polar surface area (TPSA) is 53.6 Å². The van der Waals surface area contributed by atoms with Crippen LogP contribution in [0.25, 0.3) is 0 Å². The van der Waals surface area contributed by atoms with Crippen LogP contribution in [0.15, 0.2) is 48.5 Å². The van der Waals surface area contributed by atoms with E-state index in [1.165, 1.54) is 6.92 Å². The molecule has 2 aliphatic heterocycles. The van der Waals surface area contributed by atoms with E-state index < -0.39 is 35.7 Å². The molecule has 0 aliphatic carbocycles. The van der Waals surface area contributed by atoms with E-state index in [2.05, 4.69) is 10.6 Å². The zero-order valence-electron chi connectivity index (χ0n) is 21.3. The first-order valence-corrected chi connectivity index (χ1v) is 12.7. The van der Waals surface area contributed by atoms with E-state index in [4.69, 9.17) is 4.74 Å². The predicted molar refractivity (Wildman–Crippen MR) is 137 cm³/mol. The van der Waals surface area contributed by atoms with Gasteiger partial charge in [-0.2, -0.15) is 26.3 Å². The number of hydrogen-bond donors (Lipinski definition) is 2. The summed E-state index contributed by atoms with van der Waals surface area (Å²) >= 11 is 0. The van der Waals surface area contributed by atoms with Crippen molar-refractivity contribution in [3.05, 3.63) is 70.8 Å². The lowest BCUT2D eigenvalue weighted by Crippen LogP contribution is -2.53. The molecule has 0 unspecified atom stereocenters. The van der Waals surface area contributed by atoms with Gasteiger partial charge in [0, 0.05) is 25.0 Å². The highest BCUT2D eigenvalue weighted by molar-refractivity contribution is 5.85. The molecule has 0 spiro atoms. The van der Waals surface area contributed by atoms with Crippen LogP contribution in [0, 0.1) is 0 Å². The van der Waals surface area contributed by atoms with Gasteiger partial charge >= 0.3 is 18.4 Å². The third-order valence-electron chi connectivity index (χ3n) is 7.19. The quantitative estimate of drug-likeness (QED) is 0.395. The van der Waals surface area contributed by atoms with Gasteiger partial charge in [0.05, 0.1) is 23.3 Å². The highest BCUT2D eigenvalue weighted by Crippen LogP contribution is 2.39. The summed E-state index contributed by atoms with van der Waals surface area (Å²) in [5.74, 6) is -0.306. The average molecular weight is 580 g/mol. The first-order chi connectivity index (χ1) is 17.9. The molecule has 3 atom stereocenters. The van der Waals surface area contributed by atoms with Crippen LogP contribution in [-0.4, -0.2) is 49.3 Å². The number of carbonyl (C=O) groups excluding carboxylic acids is 1. The number of hydrogen-bond acceptors (Lipinski definition) is 3. The fourth-order valence-electron chi connectivity index (χ4n) is 5.08. The van der Waals surface area contributed by atoms with Crippen molar-refractivity contribution in [2.45, 2.75) is 62.7 Å². The number of alkyl halides is 6. The van der Waals surface area contributed by atoms with Crippen LogP contribution in [0.1, 0.15) is 60.5 Å². The van der Waals surface area contributed by atoms with Crippen molar-refractivity contribution in [2.75, 3.05) is 26.2 Å². The molecule has 2 heterocycles. The van der Waals surface area contributed by atoms with E-state index in [0.29, 0.717) is 31.6 Å². The minimum atomic E-state index is -4.94. The van der Waals surface area contributed by atoms with Crippen LogP contribution < -0.4 is 10.6 Å². The Balaban J connectivity index is 0.00000420. The molecule has 2 aromatic carbocycles. The monoisotopic (exact) mass is 579 g/mol. The fraction of sp³-hybridized carbons (Fsp3) is 0.519. The van der Waals surface area contributed by atoms with Crippen molar-refractivity contribution < 1.29 is 35.9 Å². The summed E-state index contributed by atoms with van der Waals surface area (Å²) in [6.07, 6.45) is -9.37. The molecule has 2 N–H and O–H groups in total. The Hall–Kier alpha value is -2.50. The Bertz CT molecular complexity index is 1060. The lowest BCUT2D eigenvalue weighted by atomic mass is 9.87. The standard InChI is InChI=1S/C27H31F6N3O2.ClH/c1-17(19-13-20(26(28,29)30)15-21(14-19)27(31,32)33)38-24-9-12-36(16-23(24)18-5-3-2-4-6-18)25(37)35-22-7-10-34-11-8-22;/h2-6,13-15,17,22-24,34H,7-12,16H2,1H3,(H,35,37);1H/t17-,23+,24+;/m1./s1. The number of ether oxygens (including phenoxy) is 1. The zero-order valence-corrected chi connectivity index (χ0v) is 22.1. The Morgan fingerprint density at radius 3 is 2.13 bits per heavy atom. The molecule has 4 rings (SSSR count). The minimum Gasteiger partial charge on any atom is -0.370 e. The van der Waals surface area contributed by atoms with Crippen molar-refractivity contribution in [1.82, 2.24) is 15.5 Å². The SMILES string of the molecule is C[C@@H](O[C@H]1CCN(C(=O)NC2CCNCC2)C[C@H]1c1ccccc1)c1cc(C(F)(F)F)cc(C(F)(F)F)c1.Cl. The second-order valence-corrected chi connectivity index (χ2v) is 9.88. The maximum atomic E-state index is 13.4. The molecular formula is C27H32ClF6N3O2. The molecule has 12 heteroatoms. The normalized spacial score (nSPS) is 21.7. The van der Waals surface area contributed by atoms with E-state index in [9.17, 15) is 31.1 Å². The summed E-state index contributed by atoms with van der Waals surface area (Å²) in [6, 6.07) is 10.7. The Morgan fingerprint density at radius 1 is 0.974 bits per heavy atom. The van der Waals surface area contributed by atoms with Crippen molar-refractivity contribution in [2.24, 2.45) is 0 Å². The van der Waals surface area contributed by atoms with E-state index in [-0.39, 0.29) is 42.0 Å². The largest absolute Gasteiger partial charge is 0.416 e. The third-order valence-corrected chi connectivity index (χ3v) is 7.19. The van der Waals surface area contributed by atoms with E-state index >= 15 is 0 Å². The molecule has 0 radical (unpaired) electrons. The van der Waals surface area contributed by atoms with Gasteiger partial charge in [-0.15, -0.1) is 12.4 Å². The van der Waals surface area contributed by atoms with Gasteiger partial charge in [-0.3, -0.25) is 0 Å². The number of urea groups is 1. The number of amides is 2. The van der Waals surface area contributed by atoms with Gasteiger partial charge in [0.2, 0.25) is 0 Å². The molecule has 2 aromatic rings. The number of rotatable bonds is 5. The number of carbonyl (C=O) groups is 1. The summed E-state index contributed by atoms with van der Waals surface area (Å²) in [4.78, 5) is 14.7. The van der Waals surface area contributed by atoms with Gasteiger partial charge in [-0.05, 0) is 68.6 Å². The summed E-state index contributed by atoms with van der Waals surface area (Å²) in [5.41, 5.74) is -2.07. The van der Waals surface area contributed by atoms with Crippen molar-refractivity contribution in [1.29, 1.82) is 0 Å². The van der Waals surface area contributed by atoms with Crippen LogP contribution >= 0.6 is 12.4 Å². The van der Waals surface area contributed by atoms with E-state index in [1.54, 1.807) is 4.90 Å². The zero-order chi connectivity index (χ0) is 27.5. The molecule has 2 aliphatic rings. The second kappa shape index (κ2) is 12.8. The van der Waals surface area contributed by atoms with Crippen LogP contribution in [0.3, 0.4) is 0 Å². The third kappa shape index (κ3) is 8.02. The molecule has 216 valence electrons. The molecule has 2 amide bonds. The predicted octanol–water partition coefficient (Wildman–Crippen LogP) is 6.54. The van der Waals surface area contributed by atoms with Gasteiger partial charge in [-0.1, -0.05) is 30.3 Å². The number of likely N-dealkylation sites (tertiary alicyclic amines) is 1. The molecule has 39 heavy (non-hydrogen) atoms. The fourth-order valence-corrected chi connectivity index (χ4v) is 5.08. The van der Waals surface area contributed by atoms with E-state index in [1.807, 2.05) is 30.3 Å². The molecule has 2 fully saturated rings. The van der Waals surface area contributed by atoms with Crippen LogP contribution in [0.2, 0.25) is 0 Å². The number of nitrogens with one attached hydrogen (secondary N) is 2. The van der Waals surface area contributed by atoms with Gasteiger partial charge in [0.25, 0.3) is 0 Å². The smallest absolute Gasteiger partial charge is 0.370 e. The Kier molecular flexibility index (Phi) is 10.2. The first kappa shape index (κ1) is 31.0. The van der Waals surface area contributed by atoms with Crippen LogP contribution in [-0.2, 0) is 17.1 Å². The van der Waals surface area contributed by atoms with Gasteiger partial charge < -0.3 is 20.3 Å². The maximum absolute atomic E-state index is 13.4. The second-order valence-electron chi connectivity index (χ2n) is 9.88. The summed E-state index contributed by atoms with van der Waals surface area (Å²) in [7, 11) is 0. The number of benzene rings is 2. The number of halogens is 7.